The Morgan fingerprint density at radius 1 is 0.548 bits per heavy atom. The molecule has 2 aliphatic carbocycles. The maximum Gasteiger partial charge on any atom is 0.137 e. The zero-order valence-electron chi connectivity index (χ0n) is 35.0. The molecule has 1 atom stereocenters. The minimum absolute atomic E-state index is 0.0242. The average Bonchev–Trinajstić information content (AvgIpc) is 3.88. The van der Waals surface area contributed by atoms with Crippen LogP contribution in [0.1, 0.15) is 43.4 Å². The molecule has 0 spiro atoms. The van der Waals surface area contributed by atoms with Crippen LogP contribution in [0.5, 0.6) is 0 Å². The van der Waals surface area contributed by atoms with Crippen LogP contribution in [0.2, 0.25) is 0 Å². The minimum atomic E-state index is -0.122. The molecule has 0 bridgehead atoms. The highest BCUT2D eigenvalue weighted by Gasteiger charge is 2.27. The van der Waals surface area contributed by atoms with Crippen LogP contribution in [0.4, 0.5) is 28.4 Å². The van der Waals surface area contributed by atoms with Gasteiger partial charge in [-0.25, -0.2) is 0 Å². The molecule has 0 aliphatic heterocycles. The summed E-state index contributed by atoms with van der Waals surface area (Å²) < 4.78 is 13.0. The van der Waals surface area contributed by atoms with E-state index in [-0.39, 0.29) is 11.5 Å². The first-order chi connectivity index (χ1) is 30.4. The second-order valence-electron chi connectivity index (χ2n) is 17.1. The lowest BCUT2D eigenvalue weighted by Crippen LogP contribution is -2.36. The molecular formula is C58H46N2O2. The van der Waals surface area contributed by atoms with Crippen molar-refractivity contribution < 1.29 is 8.83 Å². The van der Waals surface area contributed by atoms with E-state index >= 15 is 0 Å². The summed E-state index contributed by atoms with van der Waals surface area (Å²) in [6.45, 7) is 9.26. The van der Waals surface area contributed by atoms with Crippen molar-refractivity contribution in [3.8, 4) is 0 Å². The third-order valence-corrected chi connectivity index (χ3v) is 12.6. The van der Waals surface area contributed by atoms with Crippen LogP contribution in [0.3, 0.4) is 0 Å². The normalized spacial score (nSPS) is 17.1. The van der Waals surface area contributed by atoms with Gasteiger partial charge in [0, 0.05) is 55.9 Å². The van der Waals surface area contributed by atoms with E-state index in [9.17, 15) is 0 Å². The van der Waals surface area contributed by atoms with Crippen LogP contribution in [0, 0.1) is 0 Å². The SMILES string of the molecule is C=C1/C=C\C(c2cc(N(c3ccccc3)c3ccc4c(c3)oc3ccccc34)cc(N(c3ccccc3)C3C=c4oc5ccccc5c4=CC3)c2)=C/CC(C)(C)c2ccccc21. The number of furan rings is 2. The number of hydrogen-bond donors (Lipinski definition) is 0. The molecule has 4 nitrogen and oxygen atoms in total. The summed E-state index contributed by atoms with van der Waals surface area (Å²) in [7, 11) is 0. The Kier molecular flexibility index (Phi) is 9.16. The van der Waals surface area contributed by atoms with Gasteiger partial charge in [-0.05, 0) is 119 Å². The first-order valence-electron chi connectivity index (χ1n) is 21.5. The van der Waals surface area contributed by atoms with Gasteiger partial charge in [-0.2, -0.15) is 0 Å². The molecule has 62 heavy (non-hydrogen) atoms. The van der Waals surface area contributed by atoms with Crippen molar-refractivity contribution in [1.29, 1.82) is 0 Å². The van der Waals surface area contributed by atoms with E-state index in [2.05, 4.69) is 212 Å². The van der Waals surface area contributed by atoms with Gasteiger partial charge in [0.1, 0.15) is 22.2 Å². The van der Waals surface area contributed by atoms with Gasteiger partial charge in [-0.1, -0.05) is 142 Å². The Labute approximate surface area is 362 Å². The fourth-order valence-corrected chi connectivity index (χ4v) is 9.50. The van der Waals surface area contributed by atoms with Crippen molar-refractivity contribution in [1.82, 2.24) is 0 Å². The van der Waals surface area contributed by atoms with Crippen molar-refractivity contribution in [2.24, 2.45) is 0 Å². The molecule has 2 aliphatic rings. The van der Waals surface area contributed by atoms with Crippen molar-refractivity contribution in [3.63, 3.8) is 0 Å². The van der Waals surface area contributed by atoms with E-state index in [4.69, 9.17) is 8.83 Å². The van der Waals surface area contributed by atoms with E-state index < -0.39 is 0 Å². The predicted octanol–water partition coefficient (Wildman–Crippen LogP) is 14.3. The Hall–Kier alpha value is -7.56. The minimum Gasteiger partial charge on any atom is -0.456 e. The monoisotopic (exact) mass is 802 g/mol. The molecule has 7 aromatic carbocycles. The molecule has 4 heteroatoms. The molecule has 0 saturated heterocycles. The molecule has 0 radical (unpaired) electrons. The van der Waals surface area contributed by atoms with Gasteiger partial charge in [0.15, 0.2) is 0 Å². The largest absolute Gasteiger partial charge is 0.456 e. The number of para-hydroxylation sites is 4. The number of nitrogens with zero attached hydrogens (tertiary/aromatic N) is 2. The van der Waals surface area contributed by atoms with Crippen molar-refractivity contribution in [3.05, 3.63) is 222 Å². The number of hydrogen-bond acceptors (Lipinski definition) is 4. The van der Waals surface area contributed by atoms with Gasteiger partial charge in [-0.15, -0.1) is 0 Å². The maximum atomic E-state index is 6.53. The summed E-state index contributed by atoms with van der Waals surface area (Å²) in [4.78, 5) is 4.83. The first-order valence-corrected chi connectivity index (χ1v) is 21.5. The molecular weight excluding hydrogens is 757 g/mol. The number of anilines is 5. The van der Waals surface area contributed by atoms with E-state index in [0.717, 1.165) is 96.3 Å². The van der Waals surface area contributed by atoms with Gasteiger partial charge in [0.2, 0.25) is 0 Å². The molecule has 300 valence electrons. The van der Waals surface area contributed by atoms with Gasteiger partial charge < -0.3 is 18.6 Å². The van der Waals surface area contributed by atoms with Crippen molar-refractivity contribution in [2.75, 3.05) is 9.80 Å². The topological polar surface area (TPSA) is 32.8 Å². The highest BCUT2D eigenvalue weighted by atomic mass is 16.3. The highest BCUT2D eigenvalue weighted by molar-refractivity contribution is 6.06. The lowest BCUT2D eigenvalue weighted by atomic mass is 9.78. The number of allylic oxidation sites excluding steroid dienone is 5. The van der Waals surface area contributed by atoms with Gasteiger partial charge >= 0.3 is 0 Å². The zero-order valence-corrected chi connectivity index (χ0v) is 35.0. The van der Waals surface area contributed by atoms with Crippen molar-refractivity contribution >= 4 is 84.6 Å². The summed E-state index contributed by atoms with van der Waals surface area (Å²) in [6.07, 6.45) is 13.2. The molecule has 1 unspecified atom stereocenters. The van der Waals surface area contributed by atoms with Gasteiger partial charge in [-0.3, -0.25) is 0 Å². The van der Waals surface area contributed by atoms with Crippen LogP contribution >= 0.6 is 0 Å². The van der Waals surface area contributed by atoms with Crippen LogP contribution in [0.25, 0.3) is 56.2 Å². The van der Waals surface area contributed by atoms with Gasteiger partial charge in [0.25, 0.3) is 0 Å². The van der Waals surface area contributed by atoms with Crippen LogP contribution in [-0.4, -0.2) is 6.04 Å². The smallest absolute Gasteiger partial charge is 0.137 e. The summed E-state index contributed by atoms with van der Waals surface area (Å²) in [5.74, 6) is 0. The lowest BCUT2D eigenvalue weighted by molar-refractivity contribution is 0.533. The van der Waals surface area contributed by atoms with Crippen molar-refractivity contribution in [2.45, 2.75) is 38.1 Å². The standard InChI is InChI=1S/C58H46N2O2/c1-39-26-27-40(32-33-58(2,3)53-23-13-10-20-48(39)53)41-34-46(59(42-16-6-4-7-17-42)44-28-30-51-49-21-11-14-24-54(49)61-56(51)37-44)36-47(35-41)60(43-18-8-5-9-19-43)45-29-31-52-50-22-12-15-25-55(50)62-57(52)38-45/h4-28,30-32,34-38,45H,1,29,33H2,2-3H3/b27-26-,40-32+. The van der Waals surface area contributed by atoms with Gasteiger partial charge in [0.05, 0.1) is 6.04 Å². The number of fused-ring (bicyclic) bond motifs is 7. The molecule has 2 aromatic heterocycles. The van der Waals surface area contributed by atoms with E-state index in [1.165, 1.54) is 16.3 Å². The molecule has 0 saturated carbocycles. The highest BCUT2D eigenvalue weighted by Crippen LogP contribution is 2.44. The summed E-state index contributed by atoms with van der Waals surface area (Å²) in [6, 6.07) is 60.3. The third-order valence-electron chi connectivity index (χ3n) is 12.6. The molecule has 0 fully saturated rings. The van der Waals surface area contributed by atoms with E-state index in [1.54, 1.807) is 0 Å². The molecule has 0 amide bonds. The van der Waals surface area contributed by atoms with Crippen LogP contribution < -0.4 is 20.4 Å². The van der Waals surface area contributed by atoms with E-state index in [1.807, 2.05) is 18.2 Å². The number of benzene rings is 7. The lowest BCUT2D eigenvalue weighted by Gasteiger charge is -2.34. The summed E-state index contributed by atoms with van der Waals surface area (Å²) in [5, 5.41) is 4.53. The summed E-state index contributed by atoms with van der Waals surface area (Å²) in [5.41, 5.74) is 14.4. The van der Waals surface area contributed by atoms with E-state index in [0.29, 0.717) is 0 Å². The molecule has 2 heterocycles. The van der Waals surface area contributed by atoms with Crippen LogP contribution in [0.15, 0.2) is 203 Å². The predicted molar refractivity (Wildman–Crippen MR) is 260 cm³/mol. The van der Waals surface area contributed by atoms with Crippen LogP contribution in [-0.2, 0) is 5.41 Å². The quantitative estimate of drug-likeness (QED) is 0.161. The first kappa shape index (κ1) is 37.4. The third kappa shape index (κ3) is 6.65. The molecule has 9 aromatic rings. The second kappa shape index (κ2) is 15.2. The maximum absolute atomic E-state index is 6.53. The molecule has 0 N–H and O–H groups in total. The fourth-order valence-electron chi connectivity index (χ4n) is 9.50. The second-order valence-corrected chi connectivity index (χ2v) is 17.1. The number of rotatable bonds is 7. The Morgan fingerprint density at radius 3 is 2.02 bits per heavy atom. The molecule has 11 rings (SSSR count). The fraction of sp³-hybridized carbons (Fsp3) is 0.103. The Bertz CT molecular complexity index is 3370. The Balaban J connectivity index is 1.14. The Morgan fingerprint density at radius 2 is 1.21 bits per heavy atom. The zero-order chi connectivity index (χ0) is 41.8. The average molecular weight is 803 g/mol. The summed E-state index contributed by atoms with van der Waals surface area (Å²) >= 11 is 0.